The number of hydrogen-bond acceptors (Lipinski definition) is 5. The average molecular weight is 493 g/mol. The van der Waals surface area contributed by atoms with Gasteiger partial charge in [0.15, 0.2) is 11.6 Å². The predicted molar refractivity (Wildman–Crippen MR) is 133 cm³/mol. The first-order chi connectivity index (χ1) is 17.4. The van der Waals surface area contributed by atoms with E-state index in [1.54, 1.807) is 35.2 Å². The third kappa shape index (κ3) is 4.09. The summed E-state index contributed by atoms with van der Waals surface area (Å²) in [6.45, 7) is 5.32. The molecule has 188 valence electrons. The van der Waals surface area contributed by atoms with Crippen LogP contribution >= 0.6 is 0 Å². The van der Waals surface area contributed by atoms with E-state index >= 15 is 0 Å². The molecule has 9 heteroatoms. The van der Waals surface area contributed by atoms with Gasteiger partial charge in [0.25, 0.3) is 5.91 Å². The fraction of sp³-hybridized carbons (Fsp3) is 0.333. The Hall–Kier alpha value is -3.85. The van der Waals surface area contributed by atoms with Crippen LogP contribution in [0.5, 0.6) is 11.5 Å². The number of ether oxygens (including phenoxy) is 1. The molecule has 2 atom stereocenters. The van der Waals surface area contributed by atoms with E-state index in [2.05, 4.69) is 16.9 Å². The van der Waals surface area contributed by atoms with Crippen LogP contribution in [-0.4, -0.2) is 64.6 Å². The second-order valence-corrected chi connectivity index (χ2v) is 9.19. The van der Waals surface area contributed by atoms with Crippen molar-refractivity contribution in [3.8, 4) is 11.5 Å². The number of carbonyl (C=O) groups is 2. The highest BCUT2D eigenvalue weighted by Gasteiger charge is 2.51. The van der Waals surface area contributed by atoms with Gasteiger partial charge >= 0.3 is 6.03 Å². The van der Waals surface area contributed by atoms with E-state index in [1.165, 1.54) is 18.1 Å². The smallest absolute Gasteiger partial charge is 0.328 e. The van der Waals surface area contributed by atoms with E-state index in [1.807, 2.05) is 6.07 Å². The molecule has 3 N–H and O–H groups in total. The van der Waals surface area contributed by atoms with Crippen molar-refractivity contribution in [1.82, 2.24) is 20.1 Å². The molecule has 2 aliphatic rings. The fourth-order valence-electron chi connectivity index (χ4n) is 5.35. The molecule has 3 heterocycles. The Kier molecular flexibility index (Phi) is 6.40. The highest BCUT2D eigenvalue weighted by Crippen LogP contribution is 2.43. The van der Waals surface area contributed by atoms with Crippen molar-refractivity contribution in [1.29, 1.82) is 0 Å². The maximum Gasteiger partial charge on any atom is 0.328 e. The van der Waals surface area contributed by atoms with Crippen LogP contribution in [0.15, 0.2) is 49.1 Å². The summed E-state index contributed by atoms with van der Waals surface area (Å²) in [6, 6.07) is 8.43. The van der Waals surface area contributed by atoms with Crippen LogP contribution in [0.1, 0.15) is 29.3 Å². The maximum atomic E-state index is 14.5. The van der Waals surface area contributed by atoms with Gasteiger partial charge in [-0.1, -0.05) is 18.2 Å². The molecule has 0 radical (unpaired) electrons. The number of methoxy groups -OCH3 is 1. The number of amides is 3. The van der Waals surface area contributed by atoms with Gasteiger partial charge in [0.2, 0.25) is 0 Å². The van der Waals surface area contributed by atoms with Gasteiger partial charge in [-0.25, -0.2) is 9.18 Å². The number of nitrogens with one attached hydrogen (secondary N) is 2. The predicted octanol–water partition coefficient (Wildman–Crippen LogP) is 3.66. The largest absolute Gasteiger partial charge is 0.508 e. The van der Waals surface area contributed by atoms with Crippen LogP contribution in [0.2, 0.25) is 0 Å². The molecule has 3 amide bonds. The van der Waals surface area contributed by atoms with Crippen molar-refractivity contribution < 1.29 is 23.8 Å². The number of phenolic OH excluding ortho intramolecular Hbond substituents is 1. The SMILES string of the molecule is C=CCNCCCN1C(=O)[C@@H]2Cc3c([nH]c4cc(F)c(OC)cc34)C(Cc3cccc(O)c3)N2C1=O. The molecule has 1 saturated heterocycles. The lowest BCUT2D eigenvalue weighted by Crippen LogP contribution is -2.44. The molecule has 2 aliphatic heterocycles. The van der Waals surface area contributed by atoms with Crippen molar-refractivity contribution in [2.45, 2.75) is 31.3 Å². The van der Waals surface area contributed by atoms with Crippen molar-refractivity contribution in [2.24, 2.45) is 0 Å². The number of fused-ring (bicyclic) bond motifs is 4. The zero-order valence-corrected chi connectivity index (χ0v) is 20.1. The topological polar surface area (TPSA) is 97.9 Å². The van der Waals surface area contributed by atoms with Gasteiger partial charge < -0.3 is 25.0 Å². The number of hydrogen-bond donors (Lipinski definition) is 3. The summed E-state index contributed by atoms with van der Waals surface area (Å²) in [5, 5.41) is 14.0. The molecule has 36 heavy (non-hydrogen) atoms. The van der Waals surface area contributed by atoms with E-state index in [-0.39, 0.29) is 23.4 Å². The molecule has 1 aromatic heterocycles. The van der Waals surface area contributed by atoms with E-state index in [4.69, 9.17) is 4.74 Å². The van der Waals surface area contributed by atoms with Crippen LogP contribution < -0.4 is 10.1 Å². The molecule has 0 spiro atoms. The minimum absolute atomic E-state index is 0.124. The number of nitrogens with zero attached hydrogens (tertiary/aromatic N) is 2. The first kappa shape index (κ1) is 23.9. The Morgan fingerprint density at radius 1 is 1.31 bits per heavy atom. The van der Waals surface area contributed by atoms with E-state index in [9.17, 15) is 19.1 Å². The van der Waals surface area contributed by atoms with Crippen LogP contribution in [0, 0.1) is 5.82 Å². The quantitative estimate of drug-likeness (QED) is 0.241. The number of urea groups is 1. The van der Waals surface area contributed by atoms with Gasteiger partial charge in [-0.3, -0.25) is 9.69 Å². The first-order valence-electron chi connectivity index (χ1n) is 12.0. The second kappa shape index (κ2) is 9.66. The van der Waals surface area contributed by atoms with Crippen molar-refractivity contribution in [3.05, 3.63) is 71.7 Å². The molecule has 1 unspecified atom stereocenters. The molecule has 2 aromatic carbocycles. The average Bonchev–Trinajstić information content (AvgIpc) is 3.32. The number of aromatic nitrogens is 1. The molecule has 3 aromatic rings. The highest BCUT2D eigenvalue weighted by molar-refractivity contribution is 6.05. The molecule has 0 saturated carbocycles. The fourth-order valence-corrected chi connectivity index (χ4v) is 5.35. The van der Waals surface area contributed by atoms with Gasteiger partial charge in [-0.15, -0.1) is 6.58 Å². The number of phenols is 1. The summed E-state index contributed by atoms with van der Waals surface area (Å²) in [5.74, 6) is -0.463. The minimum Gasteiger partial charge on any atom is -0.508 e. The molecule has 0 aliphatic carbocycles. The van der Waals surface area contributed by atoms with Crippen molar-refractivity contribution >= 4 is 22.8 Å². The Morgan fingerprint density at radius 2 is 2.14 bits per heavy atom. The summed E-state index contributed by atoms with van der Waals surface area (Å²) in [6.07, 6.45) is 3.11. The van der Waals surface area contributed by atoms with E-state index < -0.39 is 17.9 Å². The zero-order chi connectivity index (χ0) is 25.4. The molecule has 8 nitrogen and oxygen atoms in total. The van der Waals surface area contributed by atoms with E-state index in [0.717, 1.165) is 22.2 Å². The lowest BCUT2D eigenvalue weighted by Gasteiger charge is -2.36. The second-order valence-electron chi connectivity index (χ2n) is 9.19. The van der Waals surface area contributed by atoms with Crippen LogP contribution in [0.4, 0.5) is 9.18 Å². The molecular formula is C27H29FN4O4. The van der Waals surface area contributed by atoms with Crippen molar-refractivity contribution in [2.75, 3.05) is 26.7 Å². The Morgan fingerprint density at radius 3 is 2.89 bits per heavy atom. The highest BCUT2D eigenvalue weighted by atomic mass is 19.1. The monoisotopic (exact) mass is 492 g/mol. The summed E-state index contributed by atoms with van der Waals surface area (Å²) in [7, 11) is 1.41. The minimum atomic E-state index is -0.650. The number of H-pyrrole nitrogens is 1. The number of halogens is 1. The maximum absolute atomic E-state index is 14.5. The lowest BCUT2D eigenvalue weighted by atomic mass is 9.89. The lowest BCUT2D eigenvalue weighted by molar-refractivity contribution is -0.128. The van der Waals surface area contributed by atoms with Crippen LogP contribution in [-0.2, 0) is 17.6 Å². The van der Waals surface area contributed by atoms with Gasteiger partial charge in [-0.2, -0.15) is 0 Å². The van der Waals surface area contributed by atoms with Gasteiger partial charge in [0.05, 0.1) is 13.2 Å². The third-order valence-corrected chi connectivity index (χ3v) is 6.98. The summed E-state index contributed by atoms with van der Waals surface area (Å²) >= 11 is 0. The number of rotatable bonds is 9. The number of carbonyl (C=O) groups excluding carboxylic acids is 2. The molecular weight excluding hydrogens is 463 g/mol. The number of benzene rings is 2. The third-order valence-electron chi connectivity index (χ3n) is 6.98. The first-order valence-corrected chi connectivity index (χ1v) is 12.0. The van der Waals surface area contributed by atoms with Crippen molar-refractivity contribution in [3.63, 3.8) is 0 Å². The number of aromatic amines is 1. The summed E-state index contributed by atoms with van der Waals surface area (Å²) < 4.78 is 19.7. The molecule has 1 fully saturated rings. The normalized spacial score (nSPS) is 19.1. The summed E-state index contributed by atoms with van der Waals surface area (Å²) in [4.78, 5) is 33.3. The zero-order valence-electron chi connectivity index (χ0n) is 20.1. The number of aromatic hydroxyl groups is 1. The number of imide groups is 1. The Balaban J connectivity index is 1.53. The summed E-state index contributed by atoms with van der Waals surface area (Å²) in [5.41, 5.74) is 3.06. The van der Waals surface area contributed by atoms with Gasteiger partial charge in [0, 0.05) is 42.2 Å². The standard InChI is InChI=1S/C27H29FN4O4/c1-3-8-29-9-5-10-31-26(34)23-13-19-18-14-24(36-2)20(28)15-21(18)30-25(19)22(32(23)27(31)35)12-16-6-4-7-17(33)11-16/h3-4,6-7,11,14-15,22-23,29-30,33H,1,5,8-10,12-13H2,2H3/t22?,23-/m0/s1. The van der Waals surface area contributed by atoms with E-state index in [0.29, 0.717) is 44.4 Å². The molecule has 0 bridgehead atoms. The Labute approximate surface area is 208 Å². The van der Waals surface area contributed by atoms with Crippen LogP contribution in [0.25, 0.3) is 10.9 Å². The van der Waals surface area contributed by atoms with Gasteiger partial charge in [-0.05, 0) is 48.7 Å². The van der Waals surface area contributed by atoms with Gasteiger partial charge in [0.1, 0.15) is 11.8 Å². The Bertz CT molecular complexity index is 1340. The molecule has 5 rings (SSSR count). The van der Waals surface area contributed by atoms with Crippen LogP contribution in [0.3, 0.4) is 0 Å².